The lowest BCUT2D eigenvalue weighted by atomic mass is 10.1. The lowest BCUT2D eigenvalue weighted by Crippen LogP contribution is -2.44. The molecule has 2 rings (SSSR count). The molecular formula is C14H21BrN2. The Morgan fingerprint density at radius 1 is 1.18 bits per heavy atom. The number of nitrogens with zero attached hydrogens (tertiary/aromatic N) is 2. The van der Waals surface area contributed by atoms with E-state index in [1.54, 1.807) is 0 Å². The van der Waals surface area contributed by atoms with Crippen molar-refractivity contribution in [2.75, 3.05) is 39.8 Å². The summed E-state index contributed by atoms with van der Waals surface area (Å²) in [7, 11) is 2.21. The summed E-state index contributed by atoms with van der Waals surface area (Å²) in [5.74, 6) is 0. The van der Waals surface area contributed by atoms with E-state index >= 15 is 0 Å². The Hall–Kier alpha value is -0.380. The number of benzene rings is 1. The standard InChI is InChI=1S/C14H21BrN2/c1-16-8-10-17(11-9-16)7-3-5-13-4-2-6-14(15)12-13/h2,4,6,12H,3,5,7-11H2,1H3. The Balaban J connectivity index is 1.69. The van der Waals surface area contributed by atoms with Gasteiger partial charge in [-0.25, -0.2) is 0 Å². The van der Waals surface area contributed by atoms with Crippen molar-refractivity contribution in [3.05, 3.63) is 34.3 Å². The summed E-state index contributed by atoms with van der Waals surface area (Å²) in [6.45, 7) is 6.14. The number of likely N-dealkylation sites (N-methyl/N-ethyl adjacent to an activating group) is 1. The van der Waals surface area contributed by atoms with Crippen LogP contribution in [0.15, 0.2) is 28.7 Å². The molecule has 0 spiro atoms. The maximum absolute atomic E-state index is 3.52. The predicted molar refractivity (Wildman–Crippen MR) is 76.4 cm³/mol. The molecule has 0 radical (unpaired) electrons. The van der Waals surface area contributed by atoms with Gasteiger partial charge in [0, 0.05) is 30.7 Å². The second-order valence-electron chi connectivity index (χ2n) is 4.88. The van der Waals surface area contributed by atoms with Gasteiger partial charge in [-0.05, 0) is 44.1 Å². The summed E-state index contributed by atoms with van der Waals surface area (Å²) >= 11 is 3.52. The fourth-order valence-corrected chi connectivity index (χ4v) is 2.72. The van der Waals surface area contributed by atoms with Crippen LogP contribution in [0.4, 0.5) is 0 Å². The van der Waals surface area contributed by atoms with Crippen molar-refractivity contribution in [3.63, 3.8) is 0 Å². The molecule has 3 heteroatoms. The lowest BCUT2D eigenvalue weighted by Gasteiger charge is -2.32. The molecule has 17 heavy (non-hydrogen) atoms. The average molecular weight is 297 g/mol. The van der Waals surface area contributed by atoms with Gasteiger partial charge in [0.2, 0.25) is 0 Å². The van der Waals surface area contributed by atoms with Crippen LogP contribution in [0.1, 0.15) is 12.0 Å². The van der Waals surface area contributed by atoms with Crippen LogP contribution in [0.25, 0.3) is 0 Å². The largest absolute Gasteiger partial charge is 0.304 e. The van der Waals surface area contributed by atoms with E-state index in [-0.39, 0.29) is 0 Å². The molecule has 1 aliphatic heterocycles. The fourth-order valence-electron chi connectivity index (χ4n) is 2.27. The summed E-state index contributed by atoms with van der Waals surface area (Å²) in [4.78, 5) is 4.99. The molecule has 0 atom stereocenters. The minimum absolute atomic E-state index is 1.19. The minimum atomic E-state index is 1.19. The number of hydrogen-bond donors (Lipinski definition) is 0. The SMILES string of the molecule is CN1CCN(CCCc2cccc(Br)c2)CC1. The first-order chi connectivity index (χ1) is 8.24. The molecule has 1 aromatic carbocycles. The molecule has 0 aromatic heterocycles. The summed E-state index contributed by atoms with van der Waals surface area (Å²) in [5.41, 5.74) is 1.44. The molecular weight excluding hydrogens is 276 g/mol. The fraction of sp³-hybridized carbons (Fsp3) is 0.571. The minimum Gasteiger partial charge on any atom is -0.304 e. The zero-order valence-corrected chi connectivity index (χ0v) is 12.1. The number of halogens is 1. The normalized spacial score (nSPS) is 18.5. The molecule has 2 nitrogen and oxygen atoms in total. The van der Waals surface area contributed by atoms with Gasteiger partial charge in [0.05, 0.1) is 0 Å². The van der Waals surface area contributed by atoms with Gasteiger partial charge in [-0.15, -0.1) is 0 Å². The summed E-state index contributed by atoms with van der Waals surface area (Å²) < 4.78 is 1.19. The van der Waals surface area contributed by atoms with E-state index in [1.807, 2.05) is 0 Å². The number of aryl methyl sites for hydroxylation is 1. The van der Waals surface area contributed by atoms with Crippen molar-refractivity contribution < 1.29 is 0 Å². The van der Waals surface area contributed by atoms with Crippen LogP contribution in [0.5, 0.6) is 0 Å². The molecule has 1 fully saturated rings. The van der Waals surface area contributed by atoms with E-state index in [2.05, 4.69) is 57.0 Å². The smallest absolute Gasteiger partial charge is 0.0177 e. The molecule has 1 heterocycles. The molecule has 0 bridgehead atoms. The highest BCUT2D eigenvalue weighted by molar-refractivity contribution is 9.10. The van der Waals surface area contributed by atoms with E-state index in [4.69, 9.17) is 0 Å². The zero-order chi connectivity index (χ0) is 12.1. The first kappa shape index (κ1) is 13.1. The van der Waals surface area contributed by atoms with Crippen molar-refractivity contribution in [2.45, 2.75) is 12.8 Å². The van der Waals surface area contributed by atoms with Crippen molar-refractivity contribution >= 4 is 15.9 Å². The third-order valence-corrected chi connectivity index (χ3v) is 3.92. The highest BCUT2D eigenvalue weighted by Gasteiger charge is 2.12. The highest BCUT2D eigenvalue weighted by Crippen LogP contribution is 2.13. The van der Waals surface area contributed by atoms with Crippen LogP contribution >= 0.6 is 15.9 Å². The molecule has 1 saturated heterocycles. The van der Waals surface area contributed by atoms with E-state index in [0.29, 0.717) is 0 Å². The molecule has 1 aliphatic rings. The van der Waals surface area contributed by atoms with Crippen LogP contribution in [-0.2, 0) is 6.42 Å². The van der Waals surface area contributed by atoms with Gasteiger partial charge in [-0.3, -0.25) is 0 Å². The number of piperazine rings is 1. The van der Waals surface area contributed by atoms with Crippen LogP contribution in [0.2, 0.25) is 0 Å². The van der Waals surface area contributed by atoms with Gasteiger partial charge < -0.3 is 9.80 Å². The van der Waals surface area contributed by atoms with Crippen molar-refractivity contribution in [3.8, 4) is 0 Å². The molecule has 94 valence electrons. The zero-order valence-electron chi connectivity index (χ0n) is 10.5. The maximum Gasteiger partial charge on any atom is 0.0177 e. The summed E-state index contributed by atoms with van der Waals surface area (Å²) in [6.07, 6.45) is 2.45. The number of rotatable bonds is 4. The average Bonchev–Trinajstić information content (AvgIpc) is 2.32. The van der Waals surface area contributed by atoms with Gasteiger partial charge in [0.15, 0.2) is 0 Å². The Bertz CT molecular complexity index is 346. The lowest BCUT2D eigenvalue weighted by molar-refractivity contribution is 0.153. The molecule has 0 amide bonds. The van der Waals surface area contributed by atoms with Gasteiger partial charge in [0.25, 0.3) is 0 Å². The Morgan fingerprint density at radius 2 is 1.94 bits per heavy atom. The van der Waals surface area contributed by atoms with Crippen molar-refractivity contribution in [1.82, 2.24) is 9.80 Å². The van der Waals surface area contributed by atoms with E-state index in [0.717, 1.165) is 0 Å². The van der Waals surface area contributed by atoms with Gasteiger partial charge in [-0.1, -0.05) is 28.1 Å². The Morgan fingerprint density at radius 3 is 2.65 bits per heavy atom. The van der Waals surface area contributed by atoms with E-state index in [1.165, 1.54) is 55.6 Å². The Kier molecular flexibility index (Phi) is 5.01. The third kappa shape index (κ3) is 4.41. The number of hydrogen-bond acceptors (Lipinski definition) is 2. The molecule has 0 saturated carbocycles. The highest BCUT2D eigenvalue weighted by atomic mass is 79.9. The maximum atomic E-state index is 3.52. The first-order valence-corrected chi connectivity index (χ1v) is 7.19. The molecule has 0 aliphatic carbocycles. The first-order valence-electron chi connectivity index (χ1n) is 6.39. The van der Waals surface area contributed by atoms with Crippen molar-refractivity contribution in [2.24, 2.45) is 0 Å². The van der Waals surface area contributed by atoms with Crippen LogP contribution in [0.3, 0.4) is 0 Å². The quantitative estimate of drug-likeness (QED) is 0.843. The second kappa shape index (κ2) is 6.53. The molecule has 0 N–H and O–H groups in total. The topological polar surface area (TPSA) is 6.48 Å². The second-order valence-corrected chi connectivity index (χ2v) is 5.79. The monoisotopic (exact) mass is 296 g/mol. The summed E-state index contributed by atoms with van der Waals surface area (Å²) in [5, 5.41) is 0. The Labute approximate surface area is 113 Å². The molecule has 0 unspecified atom stereocenters. The van der Waals surface area contributed by atoms with Gasteiger partial charge in [-0.2, -0.15) is 0 Å². The van der Waals surface area contributed by atoms with Crippen molar-refractivity contribution in [1.29, 1.82) is 0 Å². The molecule has 1 aromatic rings. The van der Waals surface area contributed by atoms with E-state index in [9.17, 15) is 0 Å². The predicted octanol–water partition coefficient (Wildman–Crippen LogP) is 2.63. The van der Waals surface area contributed by atoms with Gasteiger partial charge >= 0.3 is 0 Å². The van der Waals surface area contributed by atoms with Crippen LogP contribution in [-0.4, -0.2) is 49.6 Å². The summed E-state index contributed by atoms with van der Waals surface area (Å²) in [6, 6.07) is 8.65. The van der Waals surface area contributed by atoms with Crippen LogP contribution < -0.4 is 0 Å². The van der Waals surface area contributed by atoms with E-state index < -0.39 is 0 Å². The third-order valence-electron chi connectivity index (χ3n) is 3.42. The van der Waals surface area contributed by atoms with Gasteiger partial charge in [0.1, 0.15) is 0 Å². The van der Waals surface area contributed by atoms with Crippen LogP contribution in [0, 0.1) is 0 Å².